The first-order chi connectivity index (χ1) is 10.4. The SMILES string of the molecule is CNC(=O)COc1ccc(S(=O)(=O)Nc2nncs2)cc1F. The Balaban J connectivity index is 2.16. The molecule has 8 nitrogen and oxygen atoms in total. The molecule has 0 bridgehead atoms. The highest BCUT2D eigenvalue weighted by Gasteiger charge is 2.18. The normalized spacial score (nSPS) is 11.0. The van der Waals surface area contributed by atoms with Gasteiger partial charge in [-0.05, 0) is 18.2 Å². The third kappa shape index (κ3) is 3.89. The lowest BCUT2D eigenvalue weighted by atomic mass is 10.3. The summed E-state index contributed by atoms with van der Waals surface area (Å²) in [6.07, 6.45) is 0. The molecule has 0 aliphatic heterocycles. The van der Waals surface area contributed by atoms with Crippen molar-refractivity contribution in [2.75, 3.05) is 18.4 Å². The molecule has 0 unspecified atom stereocenters. The lowest BCUT2D eigenvalue weighted by molar-refractivity contribution is -0.122. The Morgan fingerprint density at radius 2 is 2.23 bits per heavy atom. The van der Waals surface area contributed by atoms with Crippen molar-refractivity contribution in [3.8, 4) is 5.75 Å². The van der Waals surface area contributed by atoms with Gasteiger partial charge in [0.05, 0.1) is 4.90 Å². The molecule has 0 spiro atoms. The van der Waals surface area contributed by atoms with Crippen molar-refractivity contribution in [3.05, 3.63) is 29.5 Å². The van der Waals surface area contributed by atoms with Crippen molar-refractivity contribution in [1.82, 2.24) is 15.5 Å². The Hall–Kier alpha value is -2.27. The van der Waals surface area contributed by atoms with E-state index in [-0.39, 0.29) is 22.4 Å². The highest BCUT2D eigenvalue weighted by Crippen LogP contribution is 2.23. The van der Waals surface area contributed by atoms with Gasteiger partial charge in [0.25, 0.3) is 15.9 Å². The van der Waals surface area contributed by atoms with Gasteiger partial charge >= 0.3 is 0 Å². The molecule has 1 aromatic heterocycles. The van der Waals surface area contributed by atoms with E-state index in [1.54, 1.807) is 0 Å². The summed E-state index contributed by atoms with van der Waals surface area (Å²) in [7, 11) is -2.56. The quantitative estimate of drug-likeness (QED) is 0.793. The minimum absolute atomic E-state index is 0.0698. The van der Waals surface area contributed by atoms with Crippen molar-refractivity contribution in [3.63, 3.8) is 0 Å². The van der Waals surface area contributed by atoms with Gasteiger partial charge in [0.15, 0.2) is 18.2 Å². The molecule has 2 aromatic rings. The number of amides is 1. The predicted molar refractivity (Wildman–Crippen MR) is 76.7 cm³/mol. The fraction of sp³-hybridized carbons (Fsp3) is 0.182. The Morgan fingerprint density at radius 1 is 1.45 bits per heavy atom. The summed E-state index contributed by atoms with van der Waals surface area (Å²) in [5.74, 6) is -1.56. The zero-order chi connectivity index (χ0) is 16.2. The summed E-state index contributed by atoms with van der Waals surface area (Å²) >= 11 is 0.990. The molecule has 22 heavy (non-hydrogen) atoms. The average Bonchev–Trinajstić information content (AvgIpc) is 2.97. The first kappa shape index (κ1) is 16.1. The summed E-state index contributed by atoms with van der Waals surface area (Å²) in [4.78, 5) is 10.7. The van der Waals surface area contributed by atoms with Gasteiger partial charge in [-0.2, -0.15) is 0 Å². The van der Waals surface area contributed by atoms with Gasteiger partial charge < -0.3 is 10.1 Å². The number of hydrogen-bond donors (Lipinski definition) is 2. The van der Waals surface area contributed by atoms with Crippen molar-refractivity contribution in [2.45, 2.75) is 4.90 Å². The monoisotopic (exact) mass is 346 g/mol. The number of sulfonamides is 1. The van der Waals surface area contributed by atoms with Crippen LogP contribution in [0.2, 0.25) is 0 Å². The van der Waals surface area contributed by atoms with Crippen LogP contribution in [0.25, 0.3) is 0 Å². The van der Waals surface area contributed by atoms with E-state index in [4.69, 9.17) is 4.74 Å². The number of hydrogen-bond acceptors (Lipinski definition) is 7. The highest BCUT2D eigenvalue weighted by atomic mass is 32.2. The van der Waals surface area contributed by atoms with Crippen molar-refractivity contribution in [1.29, 1.82) is 0 Å². The maximum Gasteiger partial charge on any atom is 0.263 e. The Kier molecular flexibility index (Phi) is 4.88. The molecule has 118 valence electrons. The van der Waals surface area contributed by atoms with Crippen LogP contribution in [-0.2, 0) is 14.8 Å². The van der Waals surface area contributed by atoms with Crippen molar-refractivity contribution >= 4 is 32.4 Å². The molecule has 0 atom stereocenters. The van der Waals surface area contributed by atoms with Gasteiger partial charge in [0, 0.05) is 7.05 Å². The number of likely N-dealkylation sites (N-methyl/N-ethyl adjacent to an activating group) is 1. The fourth-order valence-electron chi connectivity index (χ4n) is 1.37. The van der Waals surface area contributed by atoms with Crippen LogP contribution in [0, 0.1) is 5.82 Å². The molecule has 0 aliphatic rings. The van der Waals surface area contributed by atoms with Gasteiger partial charge in [0.1, 0.15) is 5.51 Å². The second kappa shape index (κ2) is 6.66. The zero-order valence-electron chi connectivity index (χ0n) is 11.2. The van der Waals surface area contributed by atoms with Crippen LogP contribution in [-0.4, -0.2) is 38.2 Å². The molecule has 2 N–H and O–H groups in total. The third-order valence-electron chi connectivity index (χ3n) is 2.43. The van der Waals surface area contributed by atoms with Gasteiger partial charge in [-0.25, -0.2) is 12.8 Å². The molecular weight excluding hydrogens is 335 g/mol. The lowest BCUT2D eigenvalue weighted by Crippen LogP contribution is -2.25. The van der Waals surface area contributed by atoms with E-state index >= 15 is 0 Å². The number of rotatable bonds is 6. The number of nitrogens with one attached hydrogen (secondary N) is 2. The second-order valence-corrected chi connectivity index (χ2v) is 6.42. The van der Waals surface area contributed by atoms with E-state index < -0.39 is 21.7 Å². The first-order valence-corrected chi connectivity index (χ1v) is 8.20. The Morgan fingerprint density at radius 3 is 2.82 bits per heavy atom. The van der Waals surface area contributed by atoms with Gasteiger partial charge in [0.2, 0.25) is 5.13 Å². The molecule has 1 heterocycles. The van der Waals surface area contributed by atoms with Crippen LogP contribution in [0.5, 0.6) is 5.75 Å². The van der Waals surface area contributed by atoms with Crippen LogP contribution in [0.4, 0.5) is 9.52 Å². The Labute approximate surface area is 129 Å². The van der Waals surface area contributed by atoms with Gasteiger partial charge in [-0.15, -0.1) is 10.2 Å². The summed E-state index contributed by atoms with van der Waals surface area (Å²) in [5, 5.41) is 9.41. The number of carbonyl (C=O) groups is 1. The van der Waals surface area contributed by atoms with Crippen molar-refractivity contribution in [2.24, 2.45) is 0 Å². The zero-order valence-corrected chi connectivity index (χ0v) is 12.9. The minimum Gasteiger partial charge on any atom is -0.481 e. The molecule has 2 rings (SSSR count). The number of aromatic nitrogens is 2. The molecule has 0 fully saturated rings. The van der Waals surface area contributed by atoms with E-state index in [1.807, 2.05) is 0 Å². The van der Waals surface area contributed by atoms with Crippen LogP contribution < -0.4 is 14.8 Å². The smallest absolute Gasteiger partial charge is 0.263 e. The molecular formula is C11H11FN4O4S2. The molecule has 1 amide bonds. The van der Waals surface area contributed by atoms with Gasteiger partial charge in [-0.3, -0.25) is 9.52 Å². The maximum atomic E-state index is 13.8. The number of halogens is 1. The first-order valence-electron chi connectivity index (χ1n) is 5.84. The van der Waals surface area contributed by atoms with Crippen molar-refractivity contribution < 1.29 is 22.3 Å². The number of benzene rings is 1. The van der Waals surface area contributed by atoms with Gasteiger partial charge in [-0.1, -0.05) is 11.3 Å². The average molecular weight is 346 g/mol. The van der Waals surface area contributed by atoms with Crippen LogP contribution in [0.15, 0.2) is 28.6 Å². The molecule has 1 aromatic carbocycles. The largest absolute Gasteiger partial charge is 0.481 e. The molecule has 11 heteroatoms. The van der Waals surface area contributed by atoms with E-state index in [0.717, 1.165) is 29.5 Å². The molecule has 0 aliphatic carbocycles. The maximum absolute atomic E-state index is 13.8. The summed E-state index contributed by atoms with van der Waals surface area (Å²) in [6.45, 7) is -0.372. The summed E-state index contributed by atoms with van der Waals surface area (Å²) in [5.41, 5.74) is 1.36. The molecule has 0 saturated carbocycles. The standard InChI is InChI=1S/C11H11FN4O4S2/c1-13-10(17)5-20-9-3-2-7(4-8(9)12)22(18,19)16-11-15-14-6-21-11/h2-4,6H,5H2,1H3,(H,13,17)(H,15,16). The topological polar surface area (TPSA) is 110 Å². The third-order valence-corrected chi connectivity index (χ3v) is 4.51. The van der Waals surface area contributed by atoms with E-state index in [0.29, 0.717) is 0 Å². The predicted octanol–water partition coefficient (Wildman–Crippen LogP) is 0.603. The fourth-order valence-corrected chi connectivity index (χ4v) is 3.08. The second-order valence-electron chi connectivity index (χ2n) is 3.90. The molecule has 0 radical (unpaired) electrons. The van der Waals surface area contributed by atoms with Crippen LogP contribution in [0.1, 0.15) is 0 Å². The lowest BCUT2D eigenvalue weighted by Gasteiger charge is -2.09. The number of carbonyl (C=O) groups excluding carboxylic acids is 1. The van der Waals surface area contributed by atoms with E-state index in [2.05, 4.69) is 20.2 Å². The number of anilines is 1. The van der Waals surface area contributed by atoms with E-state index in [1.165, 1.54) is 12.6 Å². The minimum atomic E-state index is -3.98. The van der Waals surface area contributed by atoms with Crippen LogP contribution >= 0.6 is 11.3 Å². The highest BCUT2D eigenvalue weighted by molar-refractivity contribution is 7.93. The number of nitrogens with zero attached hydrogens (tertiary/aromatic N) is 2. The van der Waals surface area contributed by atoms with E-state index in [9.17, 15) is 17.6 Å². The number of ether oxygens (including phenoxy) is 1. The van der Waals surface area contributed by atoms with Crippen LogP contribution in [0.3, 0.4) is 0 Å². The summed E-state index contributed by atoms with van der Waals surface area (Å²) < 4.78 is 45.0. The summed E-state index contributed by atoms with van der Waals surface area (Å²) in [6, 6.07) is 3.08. The Bertz CT molecular complexity index is 764. The molecule has 0 saturated heterocycles.